The zero-order chi connectivity index (χ0) is 14.5. The lowest BCUT2D eigenvalue weighted by Gasteiger charge is -2.10. The Hall–Kier alpha value is -0.500. The van der Waals surface area contributed by atoms with E-state index in [4.69, 9.17) is 5.73 Å². The molecule has 0 spiro atoms. The van der Waals surface area contributed by atoms with Crippen LogP contribution in [-0.2, 0) is 16.6 Å². The molecule has 0 atom stereocenters. The summed E-state index contributed by atoms with van der Waals surface area (Å²) in [6.07, 6.45) is 4.49. The minimum atomic E-state index is -3.42. The van der Waals surface area contributed by atoms with Crippen molar-refractivity contribution in [1.29, 1.82) is 0 Å². The van der Waals surface area contributed by atoms with E-state index in [0.717, 1.165) is 17.9 Å². The number of hydrogen-bond acceptors (Lipinski definition) is 4. The van der Waals surface area contributed by atoms with Gasteiger partial charge in [0.2, 0.25) is 10.0 Å². The van der Waals surface area contributed by atoms with Crippen LogP contribution in [0, 0.1) is 0 Å². The number of rotatable bonds is 8. The van der Waals surface area contributed by atoms with E-state index in [1.165, 1.54) is 0 Å². The van der Waals surface area contributed by atoms with Crippen LogP contribution in [0.5, 0.6) is 0 Å². The first-order chi connectivity index (χ1) is 8.92. The zero-order valence-electron chi connectivity index (χ0n) is 11.7. The third-order valence-corrected chi connectivity index (χ3v) is 4.92. The lowest BCUT2D eigenvalue weighted by atomic mass is 10.3. The van der Waals surface area contributed by atoms with Crippen molar-refractivity contribution in [3.63, 3.8) is 0 Å². The molecule has 0 fully saturated rings. The van der Waals surface area contributed by atoms with Gasteiger partial charge in [0, 0.05) is 31.0 Å². The van der Waals surface area contributed by atoms with E-state index in [9.17, 15) is 8.42 Å². The predicted octanol–water partition coefficient (Wildman–Crippen LogP) is 1.56. The fourth-order valence-electron chi connectivity index (χ4n) is 1.79. The largest absolute Gasteiger partial charge is 0.346 e. The van der Waals surface area contributed by atoms with Crippen LogP contribution >= 0.6 is 11.8 Å². The summed E-state index contributed by atoms with van der Waals surface area (Å²) in [6, 6.07) is 1.84. The Balaban J connectivity index is 2.83. The van der Waals surface area contributed by atoms with Crippen molar-refractivity contribution in [1.82, 2.24) is 9.29 Å². The molecule has 3 N–H and O–H groups in total. The Bertz CT molecular complexity index is 495. The number of thioether (sulfide) groups is 1. The van der Waals surface area contributed by atoms with Crippen molar-refractivity contribution in [3.8, 4) is 0 Å². The van der Waals surface area contributed by atoms with Crippen molar-refractivity contribution in [2.75, 3.05) is 18.6 Å². The van der Waals surface area contributed by atoms with Crippen LogP contribution in [0.2, 0.25) is 0 Å². The lowest BCUT2D eigenvalue weighted by Crippen LogP contribution is -2.24. The van der Waals surface area contributed by atoms with Gasteiger partial charge >= 0.3 is 0 Å². The van der Waals surface area contributed by atoms with Crippen molar-refractivity contribution in [3.05, 3.63) is 18.0 Å². The predicted molar refractivity (Wildman–Crippen MR) is 80.9 cm³/mol. The first-order valence-electron chi connectivity index (χ1n) is 6.31. The number of aromatic nitrogens is 1. The Kier molecular flexibility index (Phi) is 6.38. The molecule has 7 heteroatoms. The van der Waals surface area contributed by atoms with Crippen LogP contribution in [0.15, 0.2) is 17.2 Å². The molecule has 0 amide bonds. The van der Waals surface area contributed by atoms with Gasteiger partial charge in [0.15, 0.2) is 0 Å². The standard InChI is InChI=1S/C12H23N3O2S2/c1-10(2)15-9-12(7-11(15)8-13)19(16,17)14-5-4-6-18-3/h7,9-10,14H,4-6,8,13H2,1-3H3. The van der Waals surface area contributed by atoms with Crippen LogP contribution in [0.1, 0.15) is 32.0 Å². The van der Waals surface area contributed by atoms with Gasteiger partial charge in [0.1, 0.15) is 0 Å². The fourth-order valence-corrected chi connectivity index (χ4v) is 3.35. The Morgan fingerprint density at radius 3 is 2.63 bits per heavy atom. The van der Waals surface area contributed by atoms with Gasteiger partial charge in [-0.05, 0) is 38.3 Å². The summed E-state index contributed by atoms with van der Waals surface area (Å²) in [5.41, 5.74) is 6.48. The summed E-state index contributed by atoms with van der Waals surface area (Å²) in [4.78, 5) is 0.297. The molecule has 110 valence electrons. The second kappa shape index (κ2) is 7.33. The molecule has 0 aromatic carbocycles. The molecular formula is C12H23N3O2S2. The van der Waals surface area contributed by atoms with E-state index in [0.29, 0.717) is 18.0 Å². The van der Waals surface area contributed by atoms with E-state index in [1.54, 1.807) is 24.0 Å². The molecule has 0 aliphatic carbocycles. The first kappa shape index (κ1) is 16.6. The second-order valence-corrected chi connectivity index (χ2v) is 7.37. The van der Waals surface area contributed by atoms with E-state index in [-0.39, 0.29) is 6.04 Å². The smallest absolute Gasteiger partial charge is 0.242 e. The van der Waals surface area contributed by atoms with E-state index < -0.39 is 10.0 Å². The van der Waals surface area contributed by atoms with Gasteiger partial charge in [-0.15, -0.1) is 0 Å². The summed E-state index contributed by atoms with van der Waals surface area (Å²) in [5.74, 6) is 0.948. The molecule has 1 rings (SSSR count). The topological polar surface area (TPSA) is 77.1 Å². The molecular weight excluding hydrogens is 282 g/mol. The number of hydrogen-bond donors (Lipinski definition) is 2. The van der Waals surface area contributed by atoms with Gasteiger partial charge in [0.25, 0.3) is 0 Å². The SMILES string of the molecule is CSCCCNS(=O)(=O)c1cc(CN)n(C(C)C)c1. The van der Waals surface area contributed by atoms with Gasteiger partial charge in [-0.1, -0.05) is 0 Å². The normalized spacial score (nSPS) is 12.3. The summed E-state index contributed by atoms with van der Waals surface area (Å²) in [5, 5.41) is 0. The first-order valence-corrected chi connectivity index (χ1v) is 9.19. The summed E-state index contributed by atoms with van der Waals surface area (Å²) < 4.78 is 28.8. The molecule has 0 radical (unpaired) electrons. The Labute approximate surface area is 120 Å². The minimum absolute atomic E-state index is 0.194. The van der Waals surface area contributed by atoms with Crippen molar-refractivity contribution in [2.45, 2.75) is 37.8 Å². The van der Waals surface area contributed by atoms with Crippen LogP contribution in [0.25, 0.3) is 0 Å². The average molecular weight is 305 g/mol. The summed E-state index contributed by atoms with van der Waals surface area (Å²) in [7, 11) is -3.42. The molecule has 19 heavy (non-hydrogen) atoms. The highest BCUT2D eigenvalue weighted by molar-refractivity contribution is 7.98. The quantitative estimate of drug-likeness (QED) is 0.715. The van der Waals surface area contributed by atoms with Crippen molar-refractivity contribution in [2.24, 2.45) is 5.73 Å². The van der Waals surface area contributed by atoms with Crippen LogP contribution in [0.4, 0.5) is 0 Å². The molecule has 1 aromatic rings. The van der Waals surface area contributed by atoms with Crippen molar-refractivity contribution >= 4 is 21.8 Å². The highest BCUT2D eigenvalue weighted by Crippen LogP contribution is 2.18. The van der Waals surface area contributed by atoms with Crippen molar-refractivity contribution < 1.29 is 8.42 Å². The van der Waals surface area contributed by atoms with Gasteiger partial charge < -0.3 is 10.3 Å². The molecule has 1 aromatic heterocycles. The molecule has 0 bridgehead atoms. The molecule has 5 nitrogen and oxygen atoms in total. The second-order valence-electron chi connectivity index (χ2n) is 4.62. The van der Waals surface area contributed by atoms with Gasteiger partial charge in [-0.25, -0.2) is 13.1 Å². The minimum Gasteiger partial charge on any atom is -0.346 e. The Morgan fingerprint density at radius 1 is 1.47 bits per heavy atom. The van der Waals surface area contributed by atoms with Crippen LogP contribution < -0.4 is 10.5 Å². The lowest BCUT2D eigenvalue weighted by molar-refractivity contribution is 0.569. The molecule has 0 saturated heterocycles. The highest BCUT2D eigenvalue weighted by atomic mass is 32.2. The summed E-state index contributed by atoms with van der Waals surface area (Å²) >= 11 is 1.71. The van der Waals surface area contributed by atoms with Crippen LogP contribution in [-0.4, -0.2) is 31.5 Å². The monoisotopic (exact) mass is 305 g/mol. The molecule has 0 aliphatic rings. The maximum absolute atomic E-state index is 12.1. The van der Waals surface area contributed by atoms with E-state index >= 15 is 0 Å². The number of nitrogens with zero attached hydrogens (tertiary/aromatic N) is 1. The zero-order valence-corrected chi connectivity index (χ0v) is 13.4. The molecule has 0 saturated carbocycles. The van der Waals surface area contributed by atoms with E-state index in [2.05, 4.69) is 4.72 Å². The maximum atomic E-state index is 12.1. The fraction of sp³-hybridized carbons (Fsp3) is 0.667. The van der Waals surface area contributed by atoms with Crippen LogP contribution in [0.3, 0.4) is 0 Å². The summed E-state index contributed by atoms with van der Waals surface area (Å²) in [6.45, 7) is 4.80. The highest BCUT2D eigenvalue weighted by Gasteiger charge is 2.18. The third kappa shape index (κ3) is 4.52. The average Bonchev–Trinajstić information content (AvgIpc) is 2.79. The van der Waals surface area contributed by atoms with Gasteiger partial charge in [-0.2, -0.15) is 11.8 Å². The Morgan fingerprint density at radius 2 is 2.16 bits per heavy atom. The van der Waals surface area contributed by atoms with E-state index in [1.807, 2.05) is 24.7 Å². The van der Waals surface area contributed by atoms with Gasteiger partial charge in [0.05, 0.1) is 4.90 Å². The number of sulfonamides is 1. The van der Waals surface area contributed by atoms with Gasteiger partial charge in [-0.3, -0.25) is 0 Å². The molecule has 0 unspecified atom stereocenters. The molecule has 1 heterocycles. The third-order valence-electron chi connectivity index (χ3n) is 2.80. The molecule has 0 aliphatic heterocycles. The maximum Gasteiger partial charge on any atom is 0.242 e. The number of nitrogens with one attached hydrogen (secondary N) is 1. The number of nitrogens with two attached hydrogens (primary N) is 1.